The van der Waals surface area contributed by atoms with Crippen LogP contribution in [0.2, 0.25) is 0 Å². The molecular weight excluding hydrogens is 148 g/mol. The van der Waals surface area contributed by atoms with Gasteiger partial charge in [-0.1, -0.05) is 0 Å². The van der Waals surface area contributed by atoms with Crippen LogP contribution in [0, 0.1) is 0 Å². The van der Waals surface area contributed by atoms with E-state index in [4.69, 9.17) is 15.7 Å². The second-order valence-electron chi connectivity index (χ2n) is 2.82. The second-order valence-corrected chi connectivity index (χ2v) is 2.82. The van der Waals surface area contributed by atoms with Gasteiger partial charge in [-0.2, -0.15) is 0 Å². The van der Waals surface area contributed by atoms with E-state index in [1.54, 1.807) is 0 Å². The van der Waals surface area contributed by atoms with E-state index >= 15 is 0 Å². The van der Waals surface area contributed by atoms with Gasteiger partial charge in [-0.25, -0.2) is 4.98 Å². The molecular formula is C7H7B2N3. The molecule has 0 saturated heterocycles. The van der Waals surface area contributed by atoms with Crippen molar-refractivity contribution < 1.29 is 0 Å². The van der Waals surface area contributed by atoms with E-state index in [1.807, 2.05) is 0 Å². The highest BCUT2D eigenvalue weighted by molar-refractivity contribution is 6.34. The minimum Gasteiger partial charge on any atom is -0.312 e. The number of hydrogen-bond acceptors (Lipinski definition) is 3. The van der Waals surface area contributed by atoms with Gasteiger partial charge in [0, 0.05) is 25.2 Å². The first-order valence-electron chi connectivity index (χ1n) is 3.89. The van der Waals surface area contributed by atoms with E-state index in [9.17, 15) is 0 Å². The fourth-order valence-electron chi connectivity index (χ4n) is 1.39. The van der Waals surface area contributed by atoms with Gasteiger partial charge in [-0.3, -0.25) is 4.98 Å². The molecule has 0 aromatic carbocycles. The van der Waals surface area contributed by atoms with Crippen molar-refractivity contribution in [2.75, 3.05) is 6.54 Å². The highest BCUT2D eigenvalue weighted by atomic mass is 14.9. The Hall–Kier alpha value is -0.830. The molecule has 0 bridgehead atoms. The molecule has 12 heavy (non-hydrogen) atoms. The molecule has 4 radical (unpaired) electrons. The summed E-state index contributed by atoms with van der Waals surface area (Å²) in [5.41, 5.74) is 2.76. The zero-order chi connectivity index (χ0) is 8.55. The predicted molar refractivity (Wildman–Crippen MR) is 48.2 cm³/mol. The van der Waals surface area contributed by atoms with Crippen molar-refractivity contribution in [3.05, 3.63) is 11.3 Å². The first-order chi connectivity index (χ1) is 5.77. The van der Waals surface area contributed by atoms with Crippen LogP contribution in [0.1, 0.15) is 11.3 Å². The van der Waals surface area contributed by atoms with Gasteiger partial charge in [-0.05, 0) is 11.2 Å². The lowest BCUT2D eigenvalue weighted by Crippen LogP contribution is -2.36. The van der Waals surface area contributed by atoms with E-state index in [2.05, 4.69) is 15.3 Å². The summed E-state index contributed by atoms with van der Waals surface area (Å²) >= 11 is 0. The van der Waals surface area contributed by atoms with Crippen LogP contribution in [0.25, 0.3) is 0 Å². The Balaban J connectivity index is 2.53. The fourth-order valence-corrected chi connectivity index (χ4v) is 1.39. The molecule has 1 aliphatic rings. The Labute approximate surface area is 73.8 Å². The van der Waals surface area contributed by atoms with Gasteiger partial charge in [0.15, 0.2) is 7.85 Å². The van der Waals surface area contributed by atoms with Crippen molar-refractivity contribution in [1.29, 1.82) is 0 Å². The lowest BCUT2D eigenvalue weighted by molar-refractivity contribution is 0.632. The van der Waals surface area contributed by atoms with Crippen molar-refractivity contribution >= 4 is 27.0 Å². The lowest BCUT2D eigenvalue weighted by Gasteiger charge is -2.18. The van der Waals surface area contributed by atoms with Crippen LogP contribution >= 0.6 is 0 Å². The maximum atomic E-state index is 5.67. The van der Waals surface area contributed by atoms with Crippen LogP contribution in [0.15, 0.2) is 0 Å². The number of nitrogens with one attached hydrogen (secondary N) is 1. The smallest absolute Gasteiger partial charge is 0.170 e. The third-order valence-electron chi connectivity index (χ3n) is 1.98. The molecule has 0 fully saturated rings. The summed E-state index contributed by atoms with van der Waals surface area (Å²) < 4.78 is 0. The van der Waals surface area contributed by atoms with E-state index in [-0.39, 0.29) is 5.72 Å². The van der Waals surface area contributed by atoms with Crippen molar-refractivity contribution in [2.24, 2.45) is 0 Å². The minimum absolute atomic E-state index is 0.271. The average molecular weight is 155 g/mol. The molecule has 1 aliphatic heterocycles. The zero-order valence-electron chi connectivity index (χ0n) is 6.67. The molecule has 1 N–H and O–H groups in total. The fraction of sp³-hybridized carbons (Fsp3) is 0.429. The van der Waals surface area contributed by atoms with E-state index in [0.717, 1.165) is 30.8 Å². The standard InChI is InChI=1S/C7H7B2N3/c8-6-4-3-10-2-1-5(4)11-7(9)12-6/h10H,1-3H2. The third-order valence-corrected chi connectivity index (χ3v) is 1.98. The van der Waals surface area contributed by atoms with Gasteiger partial charge in [0.1, 0.15) is 7.85 Å². The first-order valence-corrected chi connectivity index (χ1v) is 3.89. The second kappa shape index (κ2) is 2.90. The van der Waals surface area contributed by atoms with Crippen LogP contribution in [0.3, 0.4) is 0 Å². The molecule has 3 nitrogen and oxygen atoms in total. The number of nitrogens with zero attached hydrogens (tertiary/aromatic N) is 2. The maximum absolute atomic E-state index is 5.67. The summed E-state index contributed by atoms with van der Waals surface area (Å²) in [6, 6.07) is 0. The SMILES string of the molecule is [B]c1nc([B])c2c(n1)CCNC2. The van der Waals surface area contributed by atoms with Gasteiger partial charge < -0.3 is 5.32 Å². The van der Waals surface area contributed by atoms with Crippen LogP contribution < -0.4 is 16.6 Å². The molecule has 1 aromatic heterocycles. The van der Waals surface area contributed by atoms with Gasteiger partial charge in [0.25, 0.3) is 0 Å². The van der Waals surface area contributed by atoms with E-state index in [1.165, 1.54) is 0 Å². The van der Waals surface area contributed by atoms with Crippen molar-refractivity contribution in [3.8, 4) is 0 Å². The van der Waals surface area contributed by atoms with Crippen LogP contribution in [0.4, 0.5) is 0 Å². The molecule has 56 valence electrons. The van der Waals surface area contributed by atoms with Crippen molar-refractivity contribution in [1.82, 2.24) is 15.3 Å². The van der Waals surface area contributed by atoms with E-state index in [0.29, 0.717) is 5.59 Å². The number of fused-ring (bicyclic) bond motifs is 1. The molecule has 0 unspecified atom stereocenters. The van der Waals surface area contributed by atoms with Gasteiger partial charge in [-0.15, -0.1) is 0 Å². The highest BCUT2D eigenvalue weighted by Gasteiger charge is 2.12. The molecule has 1 aromatic rings. The summed E-state index contributed by atoms with van der Waals surface area (Å²) in [5.74, 6) is 0. The quantitative estimate of drug-likeness (QED) is 0.428. The van der Waals surface area contributed by atoms with Gasteiger partial charge >= 0.3 is 0 Å². The normalized spacial score (nSPS) is 15.7. The Morgan fingerprint density at radius 2 is 2.08 bits per heavy atom. The van der Waals surface area contributed by atoms with Crippen LogP contribution in [-0.4, -0.2) is 32.2 Å². The van der Waals surface area contributed by atoms with Crippen molar-refractivity contribution in [2.45, 2.75) is 13.0 Å². The monoisotopic (exact) mass is 155 g/mol. The molecule has 0 atom stereocenters. The van der Waals surface area contributed by atoms with Crippen molar-refractivity contribution in [3.63, 3.8) is 0 Å². The number of hydrogen-bond donors (Lipinski definition) is 1. The Morgan fingerprint density at radius 3 is 2.92 bits per heavy atom. The predicted octanol–water partition coefficient (Wildman–Crippen LogP) is -2.29. The Morgan fingerprint density at radius 1 is 1.25 bits per heavy atom. The first kappa shape index (κ1) is 7.80. The number of rotatable bonds is 0. The zero-order valence-corrected chi connectivity index (χ0v) is 6.67. The molecule has 0 saturated carbocycles. The summed E-state index contributed by atoms with van der Waals surface area (Å²) in [5, 5.41) is 3.20. The Kier molecular flexibility index (Phi) is 1.89. The minimum atomic E-state index is 0.271. The van der Waals surface area contributed by atoms with Gasteiger partial charge in [0.05, 0.1) is 5.72 Å². The molecule has 0 amide bonds. The molecule has 2 rings (SSSR count). The number of aromatic nitrogens is 2. The summed E-state index contributed by atoms with van der Waals surface area (Å²) in [6.45, 7) is 1.68. The summed E-state index contributed by atoms with van der Waals surface area (Å²) in [6.07, 6.45) is 0.881. The maximum Gasteiger partial charge on any atom is 0.170 e. The summed E-state index contributed by atoms with van der Waals surface area (Å²) in [4.78, 5) is 8.01. The molecule has 0 aliphatic carbocycles. The molecule has 5 heteroatoms. The highest BCUT2D eigenvalue weighted by Crippen LogP contribution is 2.04. The van der Waals surface area contributed by atoms with Crippen LogP contribution in [0.5, 0.6) is 0 Å². The summed E-state index contributed by atoms with van der Waals surface area (Å²) in [7, 11) is 11.1. The average Bonchev–Trinajstić information content (AvgIpc) is 2.04. The topological polar surface area (TPSA) is 37.8 Å². The van der Waals surface area contributed by atoms with E-state index < -0.39 is 0 Å². The Bertz CT molecular complexity index is 314. The molecule has 2 heterocycles. The van der Waals surface area contributed by atoms with Crippen LogP contribution in [-0.2, 0) is 13.0 Å². The lowest BCUT2D eigenvalue weighted by atomic mass is 9.92. The van der Waals surface area contributed by atoms with Gasteiger partial charge in [0.2, 0.25) is 0 Å². The largest absolute Gasteiger partial charge is 0.312 e. The molecule has 0 spiro atoms. The third kappa shape index (κ3) is 1.25.